The predicted molar refractivity (Wildman–Crippen MR) is 241 cm³/mol. The van der Waals surface area contributed by atoms with E-state index in [2.05, 4.69) is 95.2 Å². The molecule has 0 radical (unpaired) electrons. The Labute approximate surface area is 349 Å². The van der Waals surface area contributed by atoms with Gasteiger partial charge in [-0.1, -0.05) is 159 Å². The van der Waals surface area contributed by atoms with E-state index in [0.29, 0.717) is 60.6 Å². The fraction of sp³-hybridized carbons (Fsp3) is 0.560. The van der Waals surface area contributed by atoms with Gasteiger partial charge in [0.2, 0.25) is 5.91 Å². The van der Waals surface area contributed by atoms with Gasteiger partial charge in [0.05, 0.1) is 23.7 Å². The Morgan fingerprint density at radius 2 is 1.23 bits per heavy atom. The first-order chi connectivity index (χ1) is 27.6. The molecule has 0 fully saturated rings. The van der Waals surface area contributed by atoms with E-state index in [1.165, 1.54) is 25.7 Å². The topological polar surface area (TPSA) is 97.2 Å². The highest BCUT2D eigenvalue weighted by molar-refractivity contribution is 6.36. The number of benzene rings is 3. The number of H-pyrrole nitrogens is 1. The largest absolute Gasteiger partial charge is 0.464 e. The van der Waals surface area contributed by atoms with Gasteiger partial charge in [-0.05, 0) is 109 Å². The molecule has 0 aliphatic rings. The van der Waals surface area contributed by atoms with Crippen molar-refractivity contribution >= 4 is 34.4 Å². The smallest absolute Gasteiger partial charge is 0.328 e. The molecule has 4 rings (SSSR count). The number of nitrogens with two attached hydrogens (primary N) is 1. The van der Waals surface area contributed by atoms with Crippen molar-refractivity contribution < 1.29 is 14.3 Å². The van der Waals surface area contributed by atoms with Crippen LogP contribution in [-0.2, 0) is 20.7 Å². The Bertz CT molecular complexity index is 1800. The molecule has 7 heteroatoms. The first-order valence-electron chi connectivity index (χ1n) is 22.2. The van der Waals surface area contributed by atoms with Crippen LogP contribution in [0.3, 0.4) is 0 Å². The normalized spacial score (nSPS) is 13.5. The maximum absolute atomic E-state index is 14.2. The van der Waals surface area contributed by atoms with Crippen molar-refractivity contribution in [1.82, 2.24) is 10.3 Å². The van der Waals surface area contributed by atoms with Gasteiger partial charge in [-0.15, -0.1) is 0 Å². The Hall–Kier alpha value is -3.61. The molecule has 0 spiro atoms. The number of esters is 1. The number of hydrogen-bond acceptors (Lipinski definition) is 4. The number of carbonyl (C=O) groups is 2. The number of hydrogen-bond donors (Lipinski definition) is 3. The molecule has 0 aliphatic carbocycles. The van der Waals surface area contributed by atoms with Crippen molar-refractivity contribution in [3.63, 3.8) is 0 Å². The second kappa shape index (κ2) is 23.1. The van der Waals surface area contributed by atoms with Crippen molar-refractivity contribution in [3.05, 3.63) is 82.9 Å². The Balaban J connectivity index is 1.62. The molecule has 6 nitrogen and oxygen atoms in total. The van der Waals surface area contributed by atoms with Crippen LogP contribution in [-0.4, -0.2) is 36.1 Å². The Kier molecular flexibility index (Phi) is 18.7. The zero-order valence-electron chi connectivity index (χ0n) is 36.3. The van der Waals surface area contributed by atoms with Gasteiger partial charge in [0.1, 0.15) is 6.04 Å². The highest BCUT2D eigenvalue weighted by Gasteiger charge is 2.40. The van der Waals surface area contributed by atoms with Crippen LogP contribution in [0.15, 0.2) is 66.7 Å². The van der Waals surface area contributed by atoms with E-state index in [0.717, 1.165) is 70.1 Å². The van der Waals surface area contributed by atoms with E-state index >= 15 is 0 Å². The number of unbranched alkanes of at least 4 members (excludes halogenated alkanes) is 1. The fourth-order valence-electron chi connectivity index (χ4n) is 9.76. The Morgan fingerprint density at radius 1 is 0.702 bits per heavy atom. The lowest BCUT2D eigenvalue weighted by molar-refractivity contribution is -0.151. The maximum atomic E-state index is 14.2. The molecule has 0 saturated heterocycles. The summed E-state index contributed by atoms with van der Waals surface area (Å²) in [6, 6.07) is 21.9. The third kappa shape index (κ3) is 11.5. The highest BCUT2D eigenvalue weighted by atomic mass is 35.5. The van der Waals surface area contributed by atoms with Gasteiger partial charge < -0.3 is 20.8 Å². The van der Waals surface area contributed by atoms with E-state index in [1.807, 2.05) is 37.3 Å². The first-order valence-corrected chi connectivity index (χ1v) is 22.6. The first kappa shape index (κ1) is 46.1. The van der Waals surface area contributed by atoms with E-state index < -0.39 is 6.04 Å². The van der Waals surface area contributed by atoms with E-state index in [1.54, 1.807) is 0 Å². The number of aryl methyl sites for hydroxylation is 1. The molecule has 4 aromatic rings. The highest BCUT2D eigenvalue weighted by Crippen LogP contribution is 2.46. The van der Waals surface area contributed by atoms with Crippen LogP contribution in [0, 0.1) is 42.4 Å². The summed E-state index contributed by atoms with van der Waals surface area (Å²) >= 11 is 6.97. The number of rotatable bonds is 24. The van der Waals surface area contributed by atoms with Gasteiger partial charge in [-0.2, -0.15) is 0 Å². The zero-order valence-corrected chi connectivity index (χ0v) is 37.0. The minimum atomic E-state index is -0.766. The molecule has 1 amide bonds. The molecule has 57 heavy (non-hydrogen) atoms. The SMILES string of the molecule is CCC(CC)C(C(CC)CC)C(C(CC)CC)C(CC)COC(=O)[C@H](CCCCN)NC(=O)Cc1c(-c2ccc(-c3ccccc3)cc2)[nH]c2ccc(C)c(Cl)c12. The number of nitrogens with one attached hydrogen (secondary N) is 2. The second-order valence-corrected chi connectivity index (χ2v) is 16.7. The Morgan fingerprint density at radius 3 is 1.77 bits per heavy atom. The van der Waals surface area contributed by atoms with E-state index in [4.69, 9.17) is 22.1 Å². The van der Waals surface area contributed by atoms with Crippen molar-refractivity contribution in [2.45, 2.75) is 132 Å². The quantitative estimate of drug-likeness (QED) is 0.0486. The molecular formula is C50H72ClN3O3. The van der Waals surface area contributed by atoms with Crippen molar-refractivity contribution in [1.29, 1.82) is 0 Å². The number of ether oxygens (including phenoxy) is 1. The number of aromatic nitrogens is 1. The number of halogens is 1. The summed E-state index contributed by atoms with van der Waals surface area (Å²) in [6.45, 7) is 19.2. The van der Waals surface area contributed by atoms with Crippen LogP contribution in [0.25, 0.3) is 33.3 Å². The molecule has 312 valence electrons. The molecular weight excluding hydrogens is 726 g/mol. The summed E-state index contributed by atoms with van der Waals surface area (Å²) in [5, 5.41) is 4.58. The molecule has 3 aromatic carbocycles. The average Bonchev–Trinajstić information content (AvgIpc) is 3.60. The summed E-state index contributed by atoms with van der Waals surface area (Å²) in [6.07, 6.45) is 9.87. The van der Waals surface area contributed by atoms with Gasteiger partial charge in [0, 0.05) is 10.9 Å². The van der Waals surface area contributed by atoms with Gasteiger partial charge in [0.25, 0.3) is 0 Å². The van der Waals surface area contributed by atoms with Crippen LogP contribution in [0.2, 0.25) is 5.02 Å². The summed E-state index contributed by atoms with van der Waals surface area (Å²) in [5.74, 6) is 2.55. The van der Waals surface area contributed by atoms with Crippen molar-refractivity contribution in [3.8, 4) is 22.4 Å². The number of fused-ring (bicyclic) bond motifs is 1. The molecule has 2 unspecified atom stereocenters. The molecule has 0 saturated carbocycles. The van der Waals surface area contributed by atoms with E-state index in [-0.39, 0.29) is 24.2 Å². The summed E-state index contributed by atoms with van der Waals surface area (Å²) < 4.78 is 6.32. The third-order valence-corrected chi connectivity index (χ3v) is 13.6. The average molecular weight is 799 g/mol. The van der Waals surface area contributed by atoms with Gasteiger partial charge >= 0.3 is 5.97 Å². The third-order valence-electron chi connectivity index (χ3n) is 13.1. The van der Waals surface area contributed by atoms with Crippen LogP contribution in [0.4, 0.5) is 0 Å². The van der Waals surface area contributed by atoms with Gasteiger partial charge in [-0.3, -0.25) is 4.79 Å². The molecule has 1 heterocycles. The van der Waals surface area contributed by atoms with Crippen LogP contribution in [0.1, 0.15) is 124 Å². The molecule has 0 bridgehead atoms. The van der Waals surface area contributed by atoms with Gasteiger partial charge in [0.15, 0.2) is 0 Å². The monoisotopic (exact) mass is 798 g/mol. The van der Waals surface area contributed by atoms with E-state index in [9.17, 15) is 9.59 Å². The standard InChI is InChI=1S/C50H72ClN3O3/c1-9-34(10-2)45(35(11-3)12-4)46(36(13-5)14-6)37(15-7)32-57-50(56)43(23-19-20-30-52)53-44(55)31-41-47-42(29-24-33(8)48(47)51)54-49(41)40-27-25-39(26-28-40)38-21-17-16-18-22-38/h16-18,21-22,24-29,34-37,43,45-46,54H,9-15,19-20,23,30-32,52H2,1-8H3,(H,53,55)/t37?,43-,46?/m0/s1. The predicted octanol–water partition coefficient (Wildman–Crippen LogP) is 12.7. The minimum Gasteiger partial charge on any atom is -0.464 e. The van der Waals surface area contributed by atoms with Crippen LogP contribution < -0.4 is 11.1 Å². The van der Waals surface area contributed by atoms with Crippen LogP contribution >= 0.6 is 11.6 Å². The lowest BCUT2D eigenvalue weighted by Gasteiger charge is -2.45. The second-order valence-electron chi connectivity index (χ2n) is 16.3. The lowest BCUT2D eigenvalue weighted by Crippen LogP contribution is -2.44. The fourth-order valence-corrected chi connectivity index (χ4v) is 10.0. The zero-order chi connectivity index (χ0) is 41.5. The molecule has 3 atom stereocenters. The van der Waals surface area contributed by atoms with Crippen molar-refractivity contribution in [2.75, 3.05) is 13.2 Å². The van der Waals surface area contributed by atoms with Gasteiger partial charge in [-0.25, -0.2) is 4.79 Å². The summed E-state index contributed by atoms with van der Waals surface area (Å²) in [5.41, 5.74) is 12.6. The maximum Gasteiger partial charge on any atom is 0.328 e. The lowest BCUT2D eigenvalue weighted by atomic mass is 9.60. The number of amides is 1. The summed E-state index contributed by atoms with van der Waals surface area (Å²) in [4.78, 5) is 31.9. The van der Waals surface area contributed by atoms with Crippen LogP contribution in [0.5, 0.6) is 0 Å². The molecule has 4 N–H and O–H groups in total. The van der Waals surface area contributed by atoms with Crippen molar-refractivity contribution in [2.24, 2.45) is 41.2 Å². The number of carbonyl (C=O) groups excluding carboxylic acids is 2. The molecule has 1 aromatic heterocycles. The summed E-state index contributed by atoms with van der Waals surface area (Å²) in [7, 11) is 0. The minimum absolute atomic E-state index is 0.0560. The molecule has 0 aliphatic heterocycles. The number of aromatic amines is 1.